The maximum Gasteiger partial charge on any atom is 0.307 e. The molecule has 19 heavy (non-hydrogen) atoms. The van der Waals surface area contributed by atoms with Crippen LogP contribution in [0.2, 0.25) is 0 Å². The van der Waals surface area contributed by atoms with E-state index in [1.807, 2.05) is 0 Å². The van der Waals surface area contributed by atoms with Crippen LogP contribution in [-0.2, 0) is 14.8 Å². The van der Waals surface area contributed by atoms with Gasteiger partial charge in [-0.05, 0) is 12.1 Å². The molecule has 0 aliphatic heterocycles. The largest absolute Gasteiger partial charge is 0.481 e. The van der Waals surface area contributed by atoms with Gasteiger partial charge in [-0.3, -0.25) is 4.79 Å². The predicted octanol–water partition coefficient (Wildman–Crippen LogP) is 1.31. The summed E-state index contributed by atoms with van der Waals surface area (Å²) in [6.07, 6.45) is 0. The van der Waals surface area contributed by atoms with Crippen LogP contribution >= 0.6 is 0 Å². The van der Waals surface area contributed by atoms with Crippen LogP contribution in [0.1, 0.15) is 6.92 Å². The number of halogens is 2. The van der Waals surface area contributed by atoms with E-state index in [-0.39, 0.29) is 6.54 Å². The van der Waals surface area contributed by atoms with Gasteiger partial charge in [-0.15, -0.1) is 0 Å². The average Bonchev–Trinajstić information content (AvgIpc) is 2.27. The summed E-state index contributed by atoms with van der Waals surface area (Å²) in [7, 11) is -2.97. The van der Waals surface area contributed by atoms with Crippen molar-refractivity contribution in [1.29, 1.82) is 0 Å². The summed E-state index contributed by atoms with van der Waals surface area (Å²) >= 11 is 0. The fraction of sp³-hybridized carbons (Fsp3) is 0.364. The normalized spacial score (nSPS) is 13.5. The summed E-state index contributed by atoms with van der Waals surface area (Å²) in [6.45, 7) is 1.04. The van der Waals surface area contributed by atoms with Gasteiger partial charge in [0.25, 0.3) is 0 Å². The third-order valence-electron chi connectivity index (χ3n) is 2.50. The third kappa shape index (κ3) is 3.71. The van der Waals surface area contributed by atoms with Crippen molar-refractivity contribution >= 4 is 16.0 Å². The number of nitrogens with zero attached hydrogens (tertiary/aromatic N) is 1. The number of aliphatic carboxylic acids is 1. The number of carboxylic acid groups (broad SMARTS) is 1. The molecule has 0 saturated heterocycles. The first-order valence-corrected chi connectivity index (χ1v) is 6.74. The van der Waals surface area contributed by atoms with E-state index < -0.39 is 38.4 Å². The molecule has 8 heteroatoms. The van der Waals surface area contributed by atoms with Crippen molar-refractivity contribution in [2.24, 2.45) is 5.92 Å². The highest BCUT2D eigenvalue weighted by atomic mass is 32.2. The second-order valence-corrected chi connectivity index (χ2v) is 6.17. The number of sulfonamides is 1. The molecule has 5 nitrogen and oxygen atoms in total. The summed E-state index contributed by atoms with van der Waals surface area (Å²) in [4.78, 5) is 10.1. The highest BCUT2D eigenvalue weighted by Crippen LogP contribution is 2.18. The van der Waals surface area contributed by atoms with Gasteiger partial charge in [0, 0.05) is 19.7 Å². The summed E-state index contributed by atoms with van der Waals surface area (Å²) in [5.41, 5.74) is 0. The zero-order chi connectivity index (χ0) is 14.8. The van der Waals surface area contributed by atoms with E-state index in [9.17, 15) is 22.0 Å². The second kappa shape index (κ2) is 5.62. The maximum absolute atomic E-state index is 13.0. The zero-order valence-corrected chi connectivity index (χ0v) is 11.1. The number of carboxylic acids is 1. The van der Waals surface area contributed by atoms with Crippen LogP contribution in [-0.4, -0.2) is 37.4 Å². The van der Waals surface area contributed by atoms with Gasteiger partial charge in [0.05, 0.1) is 10.8 Å². The van der Waals surface area contributed by atoms with Gasteiger partial charge in [-0.2, -0.15) is 0 Å². The SMILES string of the molecule is CC(CN(C)S(=O)(=O)c1cc(F)cc(F)c1)C(=O)O. The van der Waals surface area contributed by atoms with Gasteiger partial charge in [-0.25, -0.2) is 21.5 Å². The Morgan fingerprint density at radius 2 is 1.79 bits per heavy atom. The van der Waals surface area contributed by atoms with Gasteiger partial charge >= 0.3 is 5.97 Å². The van der Waals surface area contributed by atoms with Crippen molar-refractivity contribution in [3.05, 3.63) is 29.8 Å². The van der Waals surface area contributed by atoms with Gasteiger partial charge in [-0.1, -0.05) is 6.92 Å². The topological polar surface area (TPSA) is 74.7 Å². The second-order valence-electron chi connectivity index (χ2n) is 4.13. The highest BCUT2D eigenvalue weighted by Gasteiger charge is 2.25. The first-order valence-electron chi connectivity index (χ1n) is 5.30. The Morgan fingerprint density at radius 3 is 2.21 bits per heavy atom. The van der Waals surface area contributed by atoms with E-state index in [0.29, 0.717) is 18.2 Å². The predicted molar refractivity (Wildman–Crippen MR) is 63.0 cm³/mol. The zero-order valence-electron chi connectivity index (χ0n) is 10.3. The van der Waals surface area contributed by atoms with Crippen LogP contribution in [0.3, 0.4) is 0 Å². The quantitative estimate of drug-likeness (QED) is 0.888. The van der Waals surface area contributed by atoms with Gasteiger partial charge in [0.2, 0.25) is 10.0 Å². The molecular formula is C11H13F2NO4S. The minimum Gasteiger partial charge on any atom is -0.481 e. The fourth-order valence-corrected chi connectivity index (χ4v) is 2.72. The monoisotopic (exact) mass is 293 g/mol. The van der Waals surface area contributed by atoms with Crippen LogP contribution in [0.4, 0.5) is 8.78 Å². The summed E-state index contributed by atoms with van der Waals surface area (Å²) in [6, 6.07) is 1.92. The molecule has 1 N–H and O–H groups in total. The van der Waals surface area contributed by atoms with Crippen molar-refractivity contribution in [3.63, 3.8) is 0 Å². The molecular weight excluding hydrogens is 280 g/mol. The molecule has 0 aliphatic rings. The Bertz CT molecular complexity index is 568. The van der Waals surface area contributed by atoms with E-state index in [1.54, 1.807) is 0 Å². The van der Waals surface area contributed by atoms with Crippen LogP contribution in [0.25, 0.3) is 0 Å². The Balaban J connectivity index is 3.06. The molecule has 0 spiro atoms. The number of carbonyl (C=O) groups is 1. The average molecular weight is 293 g/mol. The Morgan fingerprint density at radius 1 is 1.32 bits per heavy atom. The Labute approximate surface area is 109 Å². The van der Waals surface area contributed by atoms with Gasteiger partial charge < -0.3 is 5.11 Å². The Kier molecular flexibility index (Phi) is 4.59. The summed E-state index contributed by atoms with van der Waals surface area (Å²) in [5, 5.41) is 8.71. The molecule has 106 valence electrons. The van der Waals surface area contributed by atoms with Crippen LogP contribution in [0.15, 0.2) is 23.1 Å². The molecule has 0 radical (unpaired) electrons. The number of benzene rings is 1. The smallest absolute Gasteiger partial charge is 0.307 e. The van der Waals surface area contributed by atoms with E-state index in [4.69, 9.17) is 5.11 Å². The molecule has 1 aromatic rings. The van der Waals surface area contributed by atoms with Crippen LogP contribution in [0, 0.1) is 17.6 Å². The van der Waals surface area contributed by atoms with Crippen LogP contribution in [0.5, 0.6) is 0 Å². The molecule has 0 aromatic heterocycles. The van der Waals surface area contributed by atoms with Crippen molar-refractivity contribution in [2.45, 2.75) is 11.8 Å². The molecule has 0 fully saturated rings. The van der Waals surface area contributed by atoms with E-state index in [1.165, 1.54) is 6.92 Å². The van der Waals surface area contributed by atoms with Gasteiger partial charge in [0.15, 0.2) is 0 Å². The van der Waals surface area contributed by atoms with Crippen molar-refractivity contribution in [2.75, 3.05) is 13.6 Å². The molecule has 1 unspecified atom stereocenters. The number of hydrogen-bond donors (Lipinski definition) is 1. The lowest BCUT2D eigenvalue weighted by atomic mass is 10.2. The maximum atomic E-state index is 13.0. The van der Waals surface area contributed by atoms with Crippen molar-refractivity contribution in [3.8, 4) is 0 Å². The molecule has 1 rings (SSSR count). The number of hydrogen-bond acceptors (Lipinski definition) is 3. The first kappa shape index (κ1) is 15.5. The number of rotatable bonds is 5. The summed E-state index contributed by atoms with van der Waals surface area (Å²) < 4.78 is 50.7. The molecule has 0 saturated carbocycles. The highest BCUT2D eigenvalue weighted by molar-refractivity contribution is 7.89. The molecule has 0 amide bonds. The first-order chi connectivity index (χ1) is 8.64. The standard InChI is InChI=1S/C11H13F2NO4S/c1-7(11(15)16)6-14(2)19(17,18)10-4-8(12)3-9(13)5-10/h3-5,7H,6H2,1-2H3,(H,15,16). The van der Waals surface area contributed by atoms with E-state index in [2.05, 4.69) is 0 Å². The van der Waals surface area contributed by atoms with Gasteiger partial charge in [0.1, 0.15) is 11.6 Å². The Hall–Kier alpha value is -1.54. The lowest BCUT2D eigenvalue weighted by Gasteiger charge is -2.19. The molecule has 0 aliphatic carbocycles. The molecule has 1 atom stereocenters. The third-order valence-corrected chi connectivity index (χ3v) is 4.30. The minimum absolute atomic E-state index is 0.296. The molecule has 1 aromatic carbocycles. The van der Waals surface area contributed by atoms with Crippen molar-refractivity contribution < 1.29 is 27.1 Å². The lowest BCUT2D eigenvalue weighted by molar-refractivity contribution is -0.141. The summed E-state index contributed by atoms with van der Waals surface area (Å²) in [5.74, 6) is -4.12. The fourth-order valence-electron chi connectivity index (χ4n) is 1.42. The molecule has 0 heterocycles. The molecule has 0 bridgehead atoms. The van der Waals surface area contributed by atoms with E-state index in [0.717, 1.165) is 11.4 Å². The van der Waals surface area contributed by atoms with E-state index >= 15 is 0 Å². The van der Waals surface area contributed by atoms with Crippen molar-refractivity contribution in [1.82, 2.24) is 4.31 Å². The minimum atomic E-state index is -4.12. The lowest BCUT2D eigenvalue weighted by Crippen LogP contribution is -2.33. The van der Waals surface area contributed by atoms with Crippen LogP contribution < -0.4 is 0 Å².